The number of likely N-dealkylation sites (N-methyl/N-ethyl adjacent to an activating group) is 1. The number of carbonyl (C=O) groups excluding carboxylic acids is 1. The molecular formula is C12H14N2O3. The zero-order valence-electron chi connectivity index (χ0n) is 9.75. The maximum absolute atomic E-state index is 11.9. The number of benzene rings is 1. The number of rotatable bonds is 2. The van der Waals surface area contributed by atoms with Crippen molar-refractivity contribution in [1.82, 2.24) is 4.90 Å². The van der Waals surface area contributed by atoms with E-state index in [2.05, 4.69) is 0 Å². The summed E-state index contributed by atoms with van der Waals surface area (Å²) in [5.74, 6) is -0.976. The van der Waals surface area contributed by atoms with E-state index in [4.69, 9.17) is 5.11 Å². The van der Waals surface area contributed by atoms with Gasteiger partial charge in [-0.05, 0) is 19.1 Å². The van der Waals surface area contributed by atoms with Crippen molar-refractivity contribution in [1.29, 1.82) is 0 Å². The molecule has 1 aromatic carbocycles. The number of aliphatic carboxylic acids is 1. The molecule has 2 rings (SSSR count). The number of aryl methyl sites for hydroxylation is 1. The highest BCUT2D eigenvalue weighted by molar-refractivity contribution is 5.98. The van der Waals surface area contributed by atoms with Gasteiger partial charge >= 0.3 is 12.0 Å². The van der Waals surface area contributed by atoms with Crippen LogP contribution in [0.2, 0.25) is 0 Å². The van der Waals surface area contributed by atoms with Crippen molar-refractivity contribution in [3.63, 3.8) is 0 Å². The van der Waals surface area contributed by atoms with E-state index in [-0.39, 0.29) is 12.6 Å². The molecule has 17 heavy (non-hydrogen) atoms. The molecule has 1 fully saturated rings. The van der Waals surface area contributed by atoms with Gasteiger partial charge in [-0.3, -0.25) is 4.90 Å². The summed E-state index contributed by atoms with van der Waals surface area (Å²) < 4.78 is 0. The fraction of sp³-hybridized carbons (Fsp3) is 0.333. The van der Waals surface area contributed by atoms with E-state index >= 15 is 0 Å². The first-order chi connectivity index (χ1) is 8.00. The molecule has 5 nitrogen and oxygen atoms in total. The average Bonchev–Trinajstić information content (AvgIpc) is 2.58. The first-order valence-corrected chi connectivity index (χ1v) is 5.34. The van der Waals surface area contributed by atoms with Crippen molar-refractivity contribution >= 4 is 17.7 Å². The third kappa shape index (κ3) is 1.95. The normalized spacial score (nSPS) is 19.9. The Morgan fingerprint density at radius 3 is 2.41 bits per heavy atom. The van der Waals surface area contributed by atoms with Gasteiger partial charge in [0.05, 0.1) is 6.54 Å². The smallest absolute Gasteiger partial charge is 0.328 e. The number of amides is 2. The second kappa shape index (κ2) is 4.08. The van der Waals surface area contributed by atoms with Crippen LogP contribution in [0.3, 0.4) is 0 Å². The average molecular weight is 234 g/mol. The van der Waals surface area contributed by atoms with Crippen LogP contribution in [-0.4, -0.2) is 41.6 Å². The van der Waals surface area contributed by atoms with E-state index in [0.29, 0.717) is 0 Å². The Bertz CT molecular complexity index is 455. The van der Waals surface area contributed by atoms with Gasteiger partial charge in [0.25, 0.3) is 0 Å². The summed E-state index contributed by atoms with van der Waals surface area (Å²) in [6.07, 6.45) is 0. The molecule has 5 heteroatoms. The molecular weight excluding hydrogens is 220 g/mol. The molecule has 0 saturated carbocycles. The van der Waals surface area contributed by atoms with Gasteiger partial charge in [0.15, 0.2) is 0 Å². The van der Waals surface area contributed by atoms with Crippen molar-refractivity contribution in [3.8, 4) is 0 Å². The maximum atomic E-state index is 11.9. The van der Waals surface area contributed by atoms with Crippen LogP contribution in [0, 0.1) is 6.92 Å². The van der Waals surface area contributed by atoms with E-state index < -0.39 is 12.0 Å². The van der Waals surface area contributed by atoms with Gasteiger partial charge < -0.3 is 10.0 Å². The fourth-order valence-electron chi connectivity index (χ4n) is 1.88. The van der Waals surface area contributed by atoms with E-state index in [9.17, 15) is 9.59 Å². The third-order valence-electron chi connectivity index (χ3n) is 2.99. The Balaban J connectivity index is 2.26. The zero-order chi connectivity index (χ0) is 12.6. The van der Waals surface area contributed by atoms with E-state index in [1.807, 2.05) is 31.2 Å². The van der Waals surface area contributed by atoms with E-state index in [1.165, 1.54) is 16.8 Å². The summed E-state index contributed by atoms with van der Waals surface area (Å²) in [4.78, 5) is 25.6. The number of nitrogens with zero attached hydrogens (tertiary/aromatic N) is 2. The molecule has 0 bridgehead atoms. The van der Waals surface area contributed by atoms with Crippen LogP contribution in [0.1, 0.15) is 5.56 Å². The van der Waals surface area contributed by atoms with Crippen LogP contribution in [0.5, 0.6) is 0 Å². The SMILES string of the molecule is Cc1ccc(N2CC(C(=O)O)N(C)C2=O)cc1. The molecule has 1 N–H and O–H groups in total. The molecule has 0 radical (unpaired) electrons. The lowest BCUT2D eigenvalue weighted by atomic mass is 10.2. The summed E-state index contributed by atoms with van der Waals surface area (Å²) in [5.41, 5.74) is 1.83. The Labute approximate surface area is 99.3 Å². The van der Waals surface area contributed by atoms with E-state index in [1.54, 1.807) is 0 Å². The minimum atomic E-state index is -0.976. The third-order valence-corrected chi connectivity index (χ3v) is 2.99. The first-order valence-electron chi connectivity index (χ1n) is 5.34. The molecule has 0 aromatic heterocycles. The molecule has 0 spiro atoms. The monoisotopic (exact) mass is 234 g/mol. The highest BCUT2D eigenvalue weighted by Gasteiger charge is 2.39. The van der Waals surface area contributed by atoms with Crippen LogP contribution in [0.25, 0.3) is 0 Å². The van der Waals surface area contributed by atoms with Gasteiger partial charge in [-0.25, -0.2) is 9.59 Å². The van der Waals surface area contributed by atoms with E-state index in [0.717, 1.165) is 11.3 Å². The van der Waals surface area contributed by atoms with Gasteiger partial charge in [-0.2, -0.15) is 0 Å². The maximum Gasteiger partial charge on any atom is 0.328 e. The largest absolute Gasteiger partial charge is 0.480 e. The molecule has 1 unspecified atom stereocenters. The van der Waals surface area contributed by atoms with Crippen molar-refractivity contribution in [2.45, 2.75) is 13.0 Å². The topological polar surface area (TPSA) is 60.9 Å². The molecule has 1 aliphatic rings. The van der Waals surface area contributed by atoms with Crippen molar-refractivity contribution in [2.24, 2.45) is 0 Å². The fourth-order valence-corrected chi connectivity index (χ4v) is 1.88. The first kappa shape index (κ1) is 11.4. The zero-order valence-corrected chi connectivity index (χ0v) is 9.75. The summed E-state index contributed by atoms with van der Waals surface area (Å²) >= 11 is 0. The van der Waals surface area contributed by atoms with Crippen molar-refractivity contribution in [2.75, 3.05) is 18.5 Å². The lowest BCUT2D eigenvalue weighted by Crippen LogP contribution is -2.36. The Morgan fingerprint density at radius 2 is 1.94 bits per heavy atom. The molecule has 1 atom stereocenters. The van der Waals surface area contributed by atoms with Crippen LogP contribution in [0.4, 0.5) is 10.5 Å². The molecule has 0 aliphatic carbocycles. The van der Waals surface area contributed by atoms with Crippen molar-refractivity contribution < 1.29 is 14.7 Å². The molecule has 1 saturated heterocycles. The molecule has 1 aromatic rings. The Morgan fingerprint density at radius 1 is 1.35 bits per heavy atom. The second-order valence-corrected chi connectivity index (χ2v) is 4.19. The van der Waals surface area contributed by atoms with Crippen LogP contribution < -0.4 is 4.90 Å². The van der Waals surface area contributed by atoms with Crippen molar-refractivity contribution in [3.05, 3.63) is 29.8 Å². The van der Waals surface area contributed by atoms with Gasteiger partial charge in [0.1, 0.15) is 6.04 Å². The van der Waals surface area contributed by atoms with Gasteiger partial charge in [0, 0.05) is 12.7 Å². The lowest BCUT2D eigenvalue weighted by molar-refractivity contribution is -0.140. The Hall–Kier alpha value is -2.04. The Kier molecular flexibility index (Phi) is 2.75. The number of urea groups is 1. The van der Waals surface area contributed by atoms with Crippen LogP contribution >= 0.6 is 0 Å². The second-order valence-electron chi connectivity index (χ2n) is 4.19. The highest BCUT2D eigenvalue weighted by Crippen LogP contribution is 2.23. The number of anilines is 1. The van der Waals surface area contributed by atoms with Crippen LogP contribution in [-0.2, 0) is 4.79 Å². The minimum Gasteiger partial charge on any atom is -0.480 e. The summed E-state index contributed by atoms with van der Waals surface area (Å²) in [5, 5.41) is 8.99. The minimum absolute atomic E-state index is 0.188. The van der Waals surface area contributed by atoms with Gasteiger partial charge in [-0.1, -0.05) is 17.7 Å². The number of carboxylic acid groups (broad SMARTS) is 1. The summed E-state index contributed by atoms with van der Waals surface area (Å²) in [7, 11) is 1.51. The predicted octanol–water partition coefficient (Wildman–Crippen LogP) is 1.32. The number of carboxylic acids is 1. The predicted molar refractivity (Wildman–Crippen MR) is 63.1 cm³/mol. The van der Waals surface area contributed by atoms with Gasteiger partial charge in [0.2, 0.25) is 0 Å². The van der Waals surface area contributed by atoms with Gasteiger partial charge in [-0.15, -0.1) is 0 Å². The van der Waals surface area contributed by atoms with Crippen LogP contribution in [0.15, 0.2) is 24.3 Å². The summed E-state index contributed by atoms with van der Waals surface area (Å²) in [6, 6.07) is 6.40. The highest BCUT2D eigenvalue weighted by atomic mass is 16.4. The molecule has 90 valence electrons. The standard InChI is InChI=1S/C12H14N2O3/c1-8-3-5-9(6-4-8)14-7-10(11(15)16)13(2)12(14)17/h3-6,10H,7H2,1-2H3,(H,15,16). The molecule has 2 amide bonds. The quantitative estimate of drug-likeness (QED) is 0.839. The molecule has 1 heterocycles. The number of hydrogen-bond acceptors (Lipinski definition) is 2. The lowest BCUT2D eigenvalue weighted by Gasteiger charge is -2.15. The summed E-state index contributed by atoms with van der Waals surface area (Å²) in [6.45, 7) is 2.15. The number of carbonyl (C=O) groups is 2. The molecule has 1 aliphatic heterocycles. The number of hydrogen-bond donors (Lipinski definition) is 1.